The van der Waals surface area contributed by atoms with Crippen LogP contribution < -0.4 is 5.73 Å². The van der Waals surface area contributed by atoms with Crippen LogP contribution in [0.5, 0.6) is 0 Å². The lowest BCUT2D eigenvalue weighted by Gasteiger charge is -2.34. The lowest BCUT2D eigenvalue weighted by molar-refractivity contribution is 0.0571. The van der Waals surface area contributed by atoms with Crippen LogP contribution in [0.3, 0.4) is 0 Å². The van der Waals surface area contributed by atoms with Crippen molar-refractivity contribution in [3.63, 3.8) is 0 Å². The molecule has 1 aliphatic carbocycles. The van der Waals surface area contributed by atoms with Gasteiger partial charge in [-0.25, -0.2) is 0 Å². The van der Waals surface area contributed by atoms with Crippen molar-refractivity contribution >= 4 is 0 Å². The number of aliphatic hydroxyl groups excluding tert-OH is 1. The Bertz CT molecular complexity index is 227. The van der Waals surface area contributed by atoms with Gasteiger partial charge in [-0.15, -0.1) is 0 Å². The summed E-state index contributed by atoms with van der Waals surface area (Å²) in [7, 11) is 0. The summed E-state index contributed by atoms with van der Waals surface area (Å²) < 4.78 is 10.8. The molecule has 1 aliphatic rings. The van der Waals surface area contributed by atoms with Crippen molar-refractivity contribution in [2.24, 2.45) is 11.7 Å². The molecule has 1 fully saturated rings. The monoisotopic (exact) mass is 274 g/mol. The van der Waals surface area contributed by atoms with Crippen molar-refractivity contribution in [1.82, 2.24) is 4.90 Å². The van der Waals surface area contributed by atoms with Gasteiger partial charge in [-0.05, 0) is 32.6 Å². The molecule has 0 aromatic rings. The van der Waals surface area contributed by atoms with E-state index in [-0.39, 0.29) is 6.61 Å². The lowest BCUT2D eigenvalue weighted by Crippen LogP contribution is -2.55. The van der Waals surface area contributed by atoms with Crippen LogP contribution in [-0.2, 0) is 9.47 Å². The maximum atomic E-state index is 9.57. The number of ether oxygens (including phenoxy) is 2. The molecule has 1 rings (SSSR count). The first-order valence-electron chi connectivity index (χ1n) is 7.43. The number of nitrogens with zero attached hydrogens (tertiary/aromatic N) is 1. The van der Waals surface area contributed by atoms with Gasteiger partial charge in [0.1, 0.15) is 0 Å². The minimum absolute atomic E-state index is 0.0530. The Morgan fingerprint density at radius 3 is 2.05 bits per heavy atom. The Balaban J connectivity index is 2.40. The smallest absolute Gasteiger partial charge is 0.0626 e. The van der Waals surface area contributed by atoms with Gasteiger partial charge in [-0.3, -0.25) is 4.90 Å². The number of hydrogen-bond acceptors (Lipinski definition) is 5. The molecular weight excluding hydrogens is 244 g/mol. The van der Waals surface area contributed by atoms with Crippen LogP contribution in [0.1, 0.15) is 26.7 Å². The zero-order valence-corrected chi connectivity index (χ0v) is 12.4. The van der Waals surface area contributed by atoms with Crippen molar-refractivity contribution in [3.8, 4) is 0 Å². The molecule has 0 amide bonds. The SMILES string of the molecule is CCOCCN(CCOCC)CC(N)(CO)C1CC1. The third-order valence-corrected chi connectivity index (χ3v) is 3.71. The molecule has 1 saturated carbocycles. The maximum Gasteiger partial charge on any atom is 0.0626 e. The molecule has 19 heavy (non-hydrogen) atoms. The van der Waals surface area contributed by atoms with Crippen LogP contribution in [0.4, 0.5) is 0 Å². The molecule has 0 aromatic heterocycles. The van der Waals surface area contributed by atoms with E-state index < -0.39 is 5.54 Å². The molecule has 0 aliphatic heterocycles. The molecule has 0 aromatic carbocycles. The second-order valence-corrected chi connectivity index (χ2v) is 5.34. The number of hydrogen-bond donors (Lipinski definition) is 2. The standard InChI is InChI=1S/C14H30N2O3/c1-3-18-9-7-16(8-10-19-4-2)11-14(15,12-17)13-5-6-13/h13,17H,3-12,15H2,1-2H3. The molecule has 3 N–H and O–H groups in total. The fourth-order valence-electron chi connectivity index (χ4n) is 2.33. The van der Waals surface area contributed by atoms with E-state index in [1.807, 2.05) is 13.8 Å². The highest BCUT2D eigenvalue weighted by Crippen LogP contribution is 2.38. The molecule has 1 atom stereocenters. The van der Waals surface area contributed by atoms with E-state index in [0.29, 0.717) is 25.7 Å². The number of aliphatic hydroxyl groups is 1. The second kappa shape index (κ2) is 8.87. The van der Waals surface area contributed by atoms with Crippen molar-refractivity contribution < 1.29 is 14.6 Å². The van der Waals surface area contributed by atoms with E-state index in [2.05, 4.69) is 4.90 Å². The molecular formula is C14H30N2O3. The van der Waals surface area contributed by atoms with Crippen LogP contribution in [0.2, 0.25) is 0 Å². The van der Waals surface area contributed by atoms with Gasteiger partial charge in [-0.2, -0.15) is 0 Å². The Morgan fingerprint density at radius 2 is 1.68 bits per heavy atom. The average Bonchev–Trinajstić information content (AvgIpc) is 3.23. The van der Waals surface area contributed by atoms with Gasteiger partial charge in [0.15, 0.2) is 0 Å². The normalized spacial score (nSPS) is 18.8. The van der Waals surface area contributed by atoms with Crippen LogP contribution in [0.25, 0.3) is 0 Å². The molecule has 5 nitrogen and oxygen atoms in total. The van der Waals surface area contributed by atoms with Crippen LogP contribution in [0.15, 0.2) is 0 Å². The molecule has 0 spiro atoms. The third kappa shape index (κ3) is 6.19. The summed E-state index contributed by atoms with van der Waals surface area (Å²) in [5, 5.41) is 9.57. The summed E-state index contributed by atoms with van der Waals surface area (Å²) in [6.07, 6.45) is 2.28. The van der Waals surface area contributed by atoms with E-state index in [1.54, 1.807) is 0 Å². The summed E-state index contributed by atoms with van der Waals surface area (Å²) >= 11 is 0. The van der Waals surface area contributed by atoms with Crippen molar-refractivity contribution in [2.45, 2.75) is 32.2 Å². The van der Waals surface area contributed by atoms with Crippen LogP contribution in [0, 0.1) is 5.92 Å². The largest absolute Gasteiger partial charge is 0.394 e. The highest BCUT2D eigenvalue weighted by Gasteiger charge is 2.42. The van der Waals surface area contributed by atoms with Crippen molar-refractivity contribution in [3.05, 3.63) is 0 Å². The summed E-state index contributed by atoms with van der Waals surface area (Å²) in [6, 6.07) is 0. The molecule has 114 valence electrons. The van der Waals surface area contributed by atoms with E-state index in [4.69, 9.17) is 15.2 Å². The second-order valence-electron chi connectivity index (χ2n) is 5.34. The van der Waals surface area contributed by atoms with E-state index in [9.17, 15) is 5.11 Å². The van der Waals surface area contributed by atoms with Crippen molar-refractivity contribution in [1.29, 1.82) is 0 Å². The molecule has 0 bridgehead atoms. The van der Waals surface area contributed by atoms with Crippen LogP contribution >= 0.6 is 0 Å². The van der Waals surface area contributed by atoms with Crippen molar-refractivity contribution in [2.75, 3.05) is 52.7 Å². The Kier molecular flexibility index (Phi) is 7.87. The zero-order chi connectivity index (χ0) is 14.1. The third-order valence-electron chi connectivity index (χ3n) is 3.71. The van der Waals surface area contributed by atoms with Gasteiger partial charge in [0.05, 0.1) is 25.4 Å². The van der Waals surface area contributed by atoms with Gasteiger partial charge in [0.25, 0.3) is 0 Å². The summed E-state index contributed by atoms with van der Waals surface area (Å²) in [4.78, 5) is 2.25. The van der Waals surface area contributed by atoms with Gasteiger partial charge < -0.3 is 20.3 Å². The van der Waals surface area contributed by atoms with E-state index in [0.717, 1.165) is 39.1 Å². The highest BCUT2D eigenvalue weighted by molar-refractivity contribution is 5.00. The van der Waals surface area contributed by atoms with Gasteiger partial charge in [-0.1, -0.05) is 0 Å². The lowest BCUT2D eigenvalue weighted by atomic mass is 9.95. The number of rotatable bonds is 12. The van der Waals surface area contributed by atoms with Crippen LogP contribution in [-0.4, -0.2) is 68.2 Å². The Labute approximate surface area is 117 Å². The molecule has 0 saturated heterocycles. The van der Waals surface area contributed by atoms with Gasteiger partial charge >= 0.3 is 0 Å². The van der Waals surface area contributed by atoms with E-state index in [1.165, 1.54) is 0 Å². The fourth-order valence-corrected chi connectivity index (χ4v) is 2.33. The maximum absolute atomic E-state index is 9.57. The Morgan fingerprint density at radius 1 is 1.16 bits per heavy atom. The topological polar surface area (TPSA) is 68.0 Å². The first kappa shape index (κ1) is 16.9. The summed E-state index contributed by atoms with van der Waals surface area (Å²) in [5.74, 6) is 0.471. The Hall–Kier alpha value is -0.200. The predicted molar refractivity (Wildman–Crippen MR) is 76.2 cm³/mol. The fraction of sp³-hybridized carbons (Fsp3) is 1.00. The quantitative estimate of drug-likeness (QED) is 0.506. The molecule has 0 heterocycles. The first-order valence-corrected chi connectivity index (χ1v) is 7.43. The highest BCUT2D eigenvalue weighted by atomic mass is 16.5. The average molecular weight is 274 g/mol. The first-order chi connectivity index (χ1) is 9.16. The van der Waals surface area contributed by atoms with Gasteiger partial charge in [0, 0.05) is 32.8 Å². The predicted octanol–water partition coefficient (Wildman–Crippen LogP) is 0.461. The molecule has 1 unspecified atom stereocenters. The molecule has 5 heteroatoms. The zero-order valence-electron chi connectivity index (χ0n) is 12.4. The summed E-state index contributed by atoms with van der Waals surface area (Å²) in [6.45, 7) is 9.31. The summed E-state index contributed by atoms with van der Waals surface area (Å²) in [5.41, 5.74) is 5.88. The van der Waals surface area contributed by atoms with Gasteiger partial charge in [0.2, 0.25) is 0 Å². The minimum atomic E-state index is -0.460. The number of nitrogens with two attached hydrogens (primary N) is 1. The van der Waals surface area contributed by atoms with E-state index >= 15 is 0 Å². The minimum Gasteiger partial charge on any atom is -0.394 e. The molecule has 0 radical (unpaired) electrons.